The maximum atomic E-state index is 8.94. The van der Waals surface area contributed by atoms with Gasteiger partial charge in [0, 0.05) is 23.5 Å². The van der Waals surface area contributed by atoms with Gasteiger partial charge in [-0.15, -0.1) is 0 Å². The predicted octanol–water partition coefficient (Wildman–Crippen LogP) is 3.51. The first-order valence-electron chi connectivity index (χ1n) is 8.17. The summed E-state index contributed by atoms with van der Waals surface area (Å²) in [5.41, 5.74) is 5.20. The molecule has 4 heteroatoms. The lowest BCUT2D eigenvalue weighted by molar-refractivity contribution is 0.307. The number of aromatic nitrogens is 2. The Bertz CT molecular complexity index is 805. The number of aliphatic hydroxyl groups is 1. The molecule has 0 aliphatic heterocycles. The summed E-state index contributed by atoms with van der Waals surface area (Å²) in [5.74, 6) is 0. The number of aryl methyl sites for hydroxylation is 1. The Morgan fingerprint density at radius 1 is 1.08 bits per heavy atom. The maximum Gasteiger partial charge on any atom is 0.101 e. The summed E-state index contributed by atoms with van der Waals surface area (Å²) in [6.07, 6.45) is 4.77. The van der Waals surface area contributed by atoms with E-state index in [2.05, 4.69) is 36.2 Å². The summed E-state index contributed by atoms with van der Waals surface area (Å²) in [5, 5.41) is 13.7. The zero-order valence-electron chi connectivity index (χ0n) is 13.8. The van der Waals surface area contributed by atoms with Crippen LogP contribution < -0.4 is 0 Å². The lowest BCUT2D eigenvalue weighted by Crippen LogP contribution is -1.94. The van der Waals surface area contributed by atoms with Crippen LogP contribution in [0.4, 0.5) is 0 Å². The lowest BCUT2D eigenvalue weighted by Gasteiger charge is -2.02. The molecule has 0 saturated carbocycles. The molecule has 4 nitrogen and oxygen atoms in total. The van der Waals surface area contributed by atoms with E-state index in [0.29, 0.717) is 6.54 Å². The number of para-hydroxylation sites is 1. The maximum absolute atomic E-state index is 8.94. The van der Waals surface area contributed by atoms with Crippen LogP contribution in [0.2, 0.25) is 0 Å². The molecule has 0 atom stereocenters. The molecule has 0 saturated heterocycles. The smallest absolute Gasteiger partial charge is 0.101 e. The Morgan fingerprint density at radius 3 is 2.50 bits per heavy atom. The third-order valence-electron chi connectivity index (χ3n) is 3.86. The van der Waals surface area contributed by atoms with E-state index in [0.717, 1.165) is 28.9 Å². The summed E-state index contributed by atoms with van der Waals surface area (Å²) in [7, 11) is 0. The predicted molar refractivity (Wildman–Crippen MR) is 97.9 cm³/mol. The molecule has 0 unspecified atom stereocenters. The van der Waals surface area contributed by atoms with Crippen molar-refractivity contribution < 1.29 is 5.11 Å². The highest BCUT2D eigenvalue weighted by Gasteiger charge is 2.11. The molecule has 1 aromatic heterocycles. The Morgan fingerprint density at radius 2 is 1.83 bits per heavy atom. The average Bonchev–Trinajstić information content (AvgIpc) is 3.07. The summed E-state index contributed by atoms with van der Waals surface area (Å²) in [6, 6.07) is 18.5. The van der Waals surface area contributed by atoms with Crippen molar-refractivity contribution in [2.45, 2.75) is 13.3 Å². The Hall–Kier alpha value is -2.72. The number of aliphatic hydroxyl groups excluding tert-OH is 1. The van der Waals surface area contributed by atoms with Gasteiger partial charge in [0.05, 0.1) is 18.8 Å². The second-order valence-electron chi connectivity index (χ2n) is 5.52. The normalized spacial score (nSPS) is 11.2. The first-order chi connectivity index (χ1) is 11.8. The van der Waals surface area contributed by atoms with Crippen LogP contribution in [0.3, 0.4) is 0 Å². The van der Waals surface area contributed by atoms with E-state index >= 15 is 0 Å². The van der Waals surface area contributed by atoms with Gasteiger partial charge in [-0.25, -0.2) is 4.68 Å². The molecule has 3 aromatic rings. The summed E-state index contributed by atoms with van der Waals surface area (Å²) in [4.78, 5) is 4.26. The molecule has 0 aliphatic carbocycles. The molecule has 0 radical (unpaired) electrons. The van der Waals surface area contributed by atoms with Crippen LogP contribution in [-0.4, -0.2) is 34.3 Å². The number of aliphatic imine (C=N–C) groups is 1. The second kappa shape index (κ2) is 7.70. The van der Waals surface area contributed by atoms with Gasteiger partial charge in [0.2, 0.25) is 0 Å². The van der Waals surface area contributed by atoms with E-state index in [-0.39, 0.29) is 6.61 Å². The summed E-state index contributed by atoms with van der Waals surface area (Å²) in [6.45, 7) is 2.58. The number of benzene rings is 2. The minimum absolute atomic E-state index is 0.0455. The van der Waals surface area contributed by atoms with Crippen LogP contribution in [0.15, 0.2) is 65.8 Å². The van der Waals surface area contributed by atoms with Gasteiger partial charge < -0.3 is 5.11 Å². The Balaban J connectivity index is 2.03. The van der Waals surface area contributed by atoms with Gasteiger partial charge in [0.15, 0.2) is 0 Å². The molecule has 122 valence electrons. The van der Waals surface area contributed by atoms with Gasteiger partial charge in [-0.2, -0.15) is 5.10 Å². The zero-order chi connectivity index (χ0) is 16.8. The molecule has 0 aliphatic rings. The second-order valence-corrected chi connectivity index (χ2v) is 5.52. The van der Waals surface area contributed by atoms with Gasteiger partial charge in [-0.3, -0.25) is 4.99 Å². The van der Waals surface area contributed by atoms with Crippen molar-refractivity contribution in [2.24, 2.45) is 4.99 Å². The molecule has 3 rings (SSSR count). The van der Waals surface area contributed by atoms with E-state index in [1.807, 2.05) is 41.2 Å². The fourth-order valence-corrected chi connectivity index (χ4v) is 2.54. The third kappa shape index (κ3) is 3.60. The number of hydrogen-bond acceptors (Lipinski definition) is 3. The van der Waals surface area contributed by atoms with Crippen LogP contribution in [0.25, 0.3) is 16.9 Å². The molecule has 0 bridgehead atoms. The lowest BCUT2D eigenvalue weighted by atomic mass is 10.1. The Kier molecular flexibility index (Phi) is 5.18. The van der Waals surface area contributed by atoms with Crippen LogP contribution in [0.5, 0.6) is 0 Å². The van der Waals surface area contributed by atoms with Crippen LogP contribution >= 0.6 is 0 Å². The molecule has 1 N–H and O–H groups in total. The first kappa shape index (κ1) is 16.1. The molecule has 24 heavy (non-hydrogen) atoms. The average molecular weight is 319 g/mol. The van der Waals surface area contributed by atoms with Gasteiger partial charge in [0.1, 0.15) is 5.69 Å². The highest BCUT2D eigenvalue weighted by atomic mass is 16.3. The van der Waals surface area contributed by atoms with Gasteiger partial charge >= 0.3 is 0 Å². The molecule has 2 aromatic carbocycles. The van der Waals surface area contributed by atoms with Crippen molar-refractivity contribution in [2.75, 3.05) is 13.2 Å². The molecular formula is C20H21N3O. The topological polar surface area (TPSA) is 50.4 Å². The minimum Gasteiger partial charge on any atom is -0.394 e. The number of rotatable bonds is 6. The van der Waals surface area contributed by atoms with E-state index in [4.69, 9.17) is 10.2 Å². The van der Waals surface area contributed by atoms with Gasteiger partial charge in [-0.1, -0.05) is 49.4 Å². The summed E-state index contributed by atoms with van der Waals surface area (Å²) < 4.78 is 1.86. The van der Waals surface area contributed by atoms with E-state index in [9.17, 15) is 0 Å². The molecule has 0 fully saturated rings. The fraction of sp³-hybridized carbons (Fsp3) is 0.200. The quantitative estimate of drug-likeness (QED) is 0.707. The van der Waals surface area contributed by atoms with Crippen molar-refractivity contribution in [3.8, 4) is 16.9 Å². The Labute approximate surface area is 142 Å². The van der Waals surface area contributed by atoms with Crippen LogP contribution in [0.1, 0.15) is 18.1 Å². The number of nitrogens with zero attached hydrogens (tertiary/aromatic N) is 3. The van der Waals surface area contributed by atoms with Gasteiger partial charge in [0.25, 0.3) is 0 Å². The minimum atomic E-state index is 0.0455. The fourth-order valence-electron chi connectivity index (χ4n) is 2.54. The SMILES string of the molecule is CCc1ccc(-c2nn(-c3ccccc3)cc2C=NCCO)cc1. The largest absolute Gasteiger partial charge is 0.394 e. The van der Waals surface area contributed by atoms with Crippen LogP contribution in [-0.2, 0) is 6.42 Å². The van der Waals surface area contributed by atoms with Crippen LogP contribution in [0, 0.1) is 0 Å². The van der Waals surface area contributed by atoms with Gasteiger partial charge in [-0.05, 0) is 24.1 Å². The van der Waals surface area contributed by atoms with Crippen molar-refractivity contribution in [3.63, 3.8) is 0 Å². The number of hydrogen-bond donors (Lipinski definition) is 1. The summed E-state index contributed by atoms with van der Waals surface area (Å²) >= 11 is 0. The van der Waals surface area contributed by atoms with Crippen molar-refractivity contribution in [1.82, 2.24) is 9.78 Å². The molecule has 0 spiro atoms. The first-order valence-corrected chi connectivity index (χ1v) is 8.17. The van der Waals surface area contributed by atoms with Crippen molar-refractivity contribution in [1.29, 1.82) is 0 Å². The highest BCUT2D eigenvalue weighted by Crippen LogP contribution is 2.23. The zero-order valence-corrected chi connectivity index (χ0v) is 13.8. The highest BCUT2D eigenvalue weighted by molar-refractivity contribution is 5.88. The van der Waals surface area contributed by atoms with E-state index in [1.54, 1.807) is 6.21 Å². The standard InChI is InChI=1S/C20H21N3O/c1-2-16-8-10-17(11-9-16)20-18(14-21-12-13-24)15-23(22-20)19-6-4-3-5-7-19/h3-11,14-15,24H,2,12-13H2,1H3. The van der Waals surface area contributed by atoms with E-state index < -0.39 is 0 Å². The third-order valence-corrected chi connectivity index (χ3v) is 3.86. The molecule has 1 heterocycles. The van der Waals surface area contributed by atoms with E-state index in [1.165, 1.54) is 5.56 Å². The van der Waals surface area contributed by atoms with Crippen molar-refractivity contribution >= 4 is 6.21 Å². The molecule has 0 amide bonds. The van der Waals surface area contributed by atoms with Crippen molar-refractivity contribution in [3.05, 3.63) is 71.9 Å². The monoisotopic (exact) mass is 319 g/mol. The molecular weight excluding hydrogens is 298 g/mol.